The first kappa shape index (κ1) is 12.8. The highest BCUT2D eigenvalue weighted by molar-refractivity contribution is 5.83. The monoisotopic (exact) mass is 241 g/mol. The van der Waals surface area contributed by atoms with Gasteiger partial charge >= 0.3 is 18.1 Å². The maximum Gasteiger partial charge on any atom is 0.471 e. The average Bonchev–Trinajstić information content (AvgIpc) is 2.62. The SMILES string of the molecule is O=C(NCC1(C(=O)O)CCOC1)C(F)(F)F. The molecule has 1 heterocycles. The summed E-state index contributed by atoms with van der Waals surface area (Å²) in [6.45, 7) is -0.616. The predicted molar refractivity (Wildman–Crippen MR) is 44.6 cm³/mol. The fraction of sp³-hybridized carbons (Fsp3) is 0.750. The number of ether oxygens (including phenoxy) is 1. The lowest BCUT2D eigenvalue weighted by molar-refractivity contribution is -0.174. The van der Waals surface area contributed by atoms with E-state index in [2.05, 4.69) is 0 Å². The molecule has 0 aromatic rings. The van der Waals surface area contributed by atoms with Crippen LogP contribution in [0.4, 0.5) is 13.2 Å². The molecule has 5 nitrogen and oxygen atoms in total. The maximum atomic E-state index is 11.9. The molecule has 1 amide bonds. The van der Waals surface area contributed by atoms with Gasteiger partial charge in [-0.15, -0.1) is 0 Å². The second kappa shape index (κ2) is 4.28. The van der Waals surface area contributed by atoms with Crippen LogP contribution >= 0.6 is 0 Å². The van der Waals surface area contributed by atoms with Crippen molar-refractivity contribution in [3.8, 4) is 0 Å². The van der Waals surface area contributed by atoms with Crippen molar-refractivity contribution in [2.75, 3.05) is 19.8 Å². The van der Waals surface area contributed by atoms with E-state index in [1.54, 1.807) is 5.32 Å². The van der Waals surface area contributed by atoms with Gasteiger partial charge in [0.1, 0.15) is 5.41 Å². The number of carboxylic acid groups (broad SMARTS) is 1. The smallest absolute Gasteiger partial charge is 0.471 e. The number of carboxylic acids is 1. The molecule has 1 rings (SSSR count). The quantitative estimate of drug-likeness (QED) is 0.737. The molecule has 0 bridgehead atoms. The molecule has 0 aromatic heterocycles. The van der Waals surface area contributed by atoms with Crippen LogP contribution in [0.1, 0.15) is 6.42 Å². The Morgan fingerprint density at radius 2 is 2.06 bits per heavy atom. The van der Waals surface area contributed by atoms with E-state index in [-0.39, 0.29) is 19.6 Å². The van der Waals surface area contributed by atoms with Crippen molar-refractivity contribution in [2.45, 2.75) is 12.6 Å². The Balaban J connectivity index is 2.59. The Labute approximate surface area is 88.6 Å². The third-order valence-corrected chi connectivity index (χ3v) is 2.40. The van der Waals surface area contributed by atoms with E-state index in [1.165, 1.54) is 0 Å². The number of hydrogen-bond donors (Lipinski definition) is 2. The van der Waals surface area contributed by atoms with Gasteiger partial charge in [-0.1, -0.05) is 0 Å². The summed E-state index contributed by atoms with van der Waals surface area (Å²) in [5.74, 6) is -3.41. The second-order valence-corrected chi connectivity index (χ2v) is 3.57. The molecule has 0 aromatic carbocycles. The molecule has 16 heavy (non-hydrogen) atoms. The zero-order chi connectivity index (χ0) is 12.4. The van der Waals surface area contributed by atoms with Crippen molar-refractivity contribution in [3.63, 3.8) is 0 Å². The minimum atomic E-state index is -5.00. The lowest BCUT2D eigenvalue weighted by atomic mass is 9.87. The number of hydrogen-bond acceptors (Lipinski definition) is 3. The number of amides is 1. The zero-order valence-corrected chi connectivity index (χ0v) is 8.13. The minimum Gasteiger partial charge on any atom is -0.481 e. The molecule has 1 unspecified atom stereocenters. The third kappa shape index (κ3) is 2.63. The predicted octanol–water partition coefficient (Wildman–Crippen LogP) is 0.156. The Bertz CT molecular complexity index is 296. The van der Waals surface area contributed by atoms with Gasteiger partial charge in [-0.3, -0.25) is 9.59 Å². The van der Waals surface area contributed by atoms with E-state index < -0.39 is 30.0 Å². The Kier molecular flexibility index (Phi) is 3.41. The number of halogens is 3. The van der Waals surface area contributed by atoms with Gasteiger partial charge in [0.15, 0.2) is 0 Å². The van der Waals surface area contributed by atoms with Crippen molar-refractivity contribution < 1.29 is 32.6 Å². The molecular formula is C8H10F3NO4. The van der Waals surface area contributed by atoms with E-state index in [0.29, 0.717) is 0 Å². The van der Waals surface area contributed by atoms with Crippen molar-refractivity contribution in [3.05, 3.63) is 0 Å². The Hall–Kier alpha value is -1.31. The van der Waals surface area contributed by atoms with E-state index in [4.69, 9.17) is 9.84 Å². The van der Waals surface area contributed by atoms with Crippen LogP contribution in [0.25, 0.3) is 0 Å². The van der Waals surface area contributed by atoms with E-state index >= 15 is 0 Å². The molecule has 8 heteroatoms. The highest BCUT2D eigenvalue weighted by atomic mass is 19.4. The summed E-state index contributed by atoms with van der Waals surface area (Å²) in [5, 5.41) is 10.4. The van der Waals surface area contributed by atoms with Gasteiger partial charge in [0.05, 0.1) is 6.61 Å². The number of rotatable bonds is 3. The molecule has 2 N–H and O–H groups in total. The lowest BCUT2D eigenvalue weighted by Gasteiger charge is -2.22. The molecule has 0 saturated carbocycles. The molecule has 92 valence electrons. The van der Waals surface area contributed by atoms with Crippen LogP contribution in [-0.2, 0) is 14.3 Å². The van der Waals surface area contributed by atoms with Crippen molar-refractivity contribution in [1.82, 2.24) is 5.32 Å². The molecule has 1 aliphatic rings. The van der Waals surface area contributed by atoms with Gasteiger partial charge in [0, 0.05) is 13.2 Å². The van der Waals surface area contributed by atoms with Gasteiger partial charge in [0.25, 0.3) is 0 Å². The summed E-state index contributed by atoms with van der Waals surface area (Å²) < 4.78 is 40.4. The first-order valence-corrected chi connectivity index (χ1v) is 4.44. The summed E-state index contributed by atoms with van der Waals surface area (Å²) in [7, 11) is 0. The second-order valence-electron chi connectivity index (χ2n) is 3.57. The number of alkyl halides is 3. The molecule has 1 atom stereocenters. The third-order valence-electron chi connectivity index (χ3n) is 2.40. The molecule has 1 saturated heterocycles. The first-order valence-electron chi connectivity index (χ1n) is 4.44. The summed E-state index contributed by atoms with van der Waals surface area (Å²) in [6, 6.07) is 0. The topological polar surface area (TPSA) is 75.6 Å². The minimum absolute atomic E-state index is 0.0838. The van der Waals surface area contributed by atoms with E-state index in [9.17, 15) is 22.8 Å². The van der Waals surface area contributed by atoms with Crippen LogP contribution in [0, 0.1) is 5.41 Å². The van der Waals surface area contributed by atoms with Crippen LogP contribution in [-0.4, -0.2) is 42.9 Å². The zero-order valence-electron chi connectivity index (χ0n) is 8.13. The van der Waals surface area contributed by atoms with Crippen molar-refractivity contribution in [2.24, 2.45) is 5.41 Å². The highest BCUT2D eigenvalue weighted by Gasteiger charge is 2.45. The van der Waals surface area contributed by atoms with E-state index in [0.717, 1.165) is 0 Å². The molecule has 0 aliphatic carbocycles. The maximum absolute atomic E-state index is 11.9. The fourth-order valence-corrected chi connectivity index (χ4v) is 1.34. The molecule has 0 spiro atoms. The van der Waals surface area contributed by atoms with Crippen LogP contribution in [0.5, 0.6) is 0 Å². The summed E-state index contributed by atoms with van der Waals surface area (Å²) in [6.07, 6.45) is -4.92. The Morgan fingerprint density at radius 1 is 1.44 bits per heavy atom. The molecule has 0 radical (unpaired) electrons. The van der Waals surface area contributed by atoms with Gasteiger partial charge in [-0.05, 0) is 6.42 Å². The van der Waals surface area contributed by atoms with Crippen LogP contribution in [0.15, 0.2) is 0 Å². The van der Waals surface area contributed by atoms with Gasteiger partial charge in [-0.25, -0.2) is 0 Å². The van der Waals surface area contributed by atoms with Crippen LogP contribution < -0.4 is 5.32 Å². The lowest BCUT2D eigenvalue weighted by Crippen LogP contribution is -2.47. The number of carbonyl (C=O) groups excluding carboxylic acids is 1. The summed E-state index contributed by atoms with van der Waals surface area (Å²) in [4.78, 5) is 21.4. The van der Waals surface area contributed by atoms with Gasteiger partial charge in [-0.2, -0.15) is 13.2 Å². The molecular weight excluding hydrogens is 231 g/mol. The van der Waals surface area contributed by atoms with Crippen molar-refractivity contribution in [1.29, 1.82) is 0 Å². The largest absolute Gasteiger partial charge is 0.481 e. The Morgan fingerprint density at radius 3 is 2.44 bits per heavy atom. The standard InChI is InChI=1S/C8H10F3NO4/c9-8(10,11)5(13)12-3-7(6(14)15)1-2-16-4-7/h1-4H2,(H,12,13)(H,14,15). The number of carbonyl (C=O) groups is 2. The average molecular weight is 241 g/mol. The highest BCUT2D eigenvalue weighted by Crippen LogP contribution is 2.28. The first-order chi connectivity index (χ1) is 7.28. The molecule has 1 aliphatic heterocycles. The number of nitrogens with one attached hydrogen (secondary N) is 1. The molecule has 1 fully saturated rings. The normalized spacial score (nSPS) is 25.4. The summed E-state index contributed by atoms with van der Waals surface area (Å²) >= 11 is 0. The van der Waals surface area contributed by atoms with E-state index in [1.807, 2.05) is 0 Å². The summed E-state index contributed by atoms with van der Waals surface area (Å²) in [5.41, 5.74) is -1.44. The number of aliphatic carboxylic acids is 1. The van der Waals surface area contributed by atoms with Crippen LogP contribution in [0.3, 0.4) is 0 Å². The van der Waals surface area contributed by atoms with Crippen LogP contribution in [0.2, 0.25) is 0 Å². The van der Waals surface area contributed by atoms with Gasteiger partial charge < -0.3 is 15.2 Å². The van der Waals surface area contributed by atoms with Crippen molar-refractivity contribution >= 4 is 11.9 Å². The fourth-order valence-electron chi connectivity index (χ4n) is 1.34. The van der Waals surface area contributed by atoms with Gasteiger partial charge in [0.2, 0.25) is 0 Å².